The minimum absolute atomic E-state index is 0.0255. The molecule has 0 aromatic carbocycles. The number of allylic oxidation sites excluding steroid dienone is 14. The fourth-order valence-corrected chi connectivity index (χ4v) is 9.12. The number of aliphatic hydroxyl groups is 3. The van der Waals surface area contributed by atoms with Crippen molar-refractivity contribution in [3.05, 3.63) is 85.1 Å². The van der Waals surface area contributed by atoms with Crippen LogP contribution in [0.15, 0.2) is 85.1 Å². The van der Waals surface area contributed by atoms with Gasteiger partial charge in [-0.2, -0.15) is 8.42 Å². The van der Waals surface area contributed by atoms with E-state index in [1.54, 1.807) is 0 Å². The van der Waals surface area contributed by atoms with Crippen LogP contribution in [0.25, 0.3) is 0 Å². The molecule has 1 fully saturated rings. The lowest BCUT2D eigenvalue weighted by atomic mass is 9.99. The lowest BCUT2D eigenvalue weighted by Crippen LogP contribution is -2.60. The molecule has 1 rings (SSSR count). The molecule has 0 aromatic rings. The Morgan fingerprint density at radius 1 is 0.527 bits per heavy atom. The number of hydrogen-bond donors (Lipinski definition) is 4. The van der Waals surface area contributed by atoms with E-state index >= 15 is 0 Å². The van der Waals surface area contributed by atoms with Crippen LogP contribution in [-0.2, 0) is 38.3 Å². The van der Waals surface area contributed by atoms with Crippen LogP contribution >= 0.6 is 0 Å². The molecule has 6 atom stereocenters. The van der Waals surface area contributed by atoms with Gasteiger partial charge in [-0.05, 0) is 89.9 Å². The van der Waals surface area contributed by atoms with Gasteiger partial charge in [-0.25, -0.2) is 4.18 Å². The van der Waals surface area contributed by atoms with Crippen molar-refractivity contribution in [2.75, 3.05) is 26.4 Å². The van der Waals surface area contributed by atoms with Gasteiger partial charge in [-0.3, -0.25) is 9.35 Å². The first-order chi connectivity index (χ1) is 36.1. The molecule has 4 N–H and O–H groups in total. The van der Waals surface area contributed by atoms with Crippen molar-refractivity contribution in [2.45, 2.75) is 269 Å². The van der Waals surface area contributed by atoms with Gasteiger partial charge in [-0.15, -0.1) is 0 Å². The van der Waals surface area contributed by atoms with E-state index in [4.69, 9.17) is 18.9 Å². The minimum Gasteiger partial charge on any atom is -0.457 e. The van der Waals surface area contributed by atoms with Crippen LogP contribution in [0.4, 0.5) is 0 Å². The Morgan fingerprint density at radius 2 is 0.932 bits per heavy atom. The number of carbonyl (C=O) groups excluding carboxylic acids is 1. The molecule has 0 radical (unpaired) electrons. The Labute approximate surface area is 451 Å². The molecule has 1 aliphatic rings. The molecule has 0 saturated carbocycles. The first-order valence-electron chi connectivity index (χ1n) is 29.3. The van der Waals surface area contributed by atoms with Crippen molar-refractivity contribution in [3.8, 4) is 0 Å². The highest BCUT2D eigenvalue weighted by molar-refractivity contribution is 7.80. The van der Waals surface area contributed by atoms with E-state index in [1.165, 1.54) is 122 Å². The lowest BCUT2D eigenvalue weighted by Gasteiger charge is -2.41. The summed E-state index contributed by atoms with van der Waals surface area (Å²) in [6, 6.07) is 0. The zero-order valence-corrected chi connectivity index (χ0v) is 47.2. The summed E-state index contributed by atoms with van der Waals surface area (Å²) in [7, 11) is -5.07. The molecule has 0 aromatic heterocycles. The van der Waals surface area contributed by atoms with Crippen LogP contribution in [0.2, 0.25) is 0 Å². The second kappa shape index (κ2) is 51.1. The van der Waals surface area contributed by atoms with Crippen LogP contribution in [0, 0.1) is 0 Å². The van der Waals surface area contributed by atoms with Gasteiger partial charge in [0, 0.05) is 13.0 Å². The summed E-state index contributed by atoms with van der Waals surface area (Å²) in [6.07, 6.45) is 60.4. The third kappa shape index (κ3) is 43.4. The Balaban J connectivity index is 2.31. The number of unbranched alkanes of at least 4 members (excludes halogenated alkanes) is 24. The molecule has 428 valence electrons. The quantitative estimate of drug-likeness (QED) is 0.0196. The van der Waals surface area contributed by atoms with E-state index in [-0.39, 0.29) is 19.6 Å². The number of rotatable bonds is 51. The van der Waals surface area contributed by atoms with E-state index in [0.717, 1.165) is 83.5 Å². The fourth-order valence-electron chi connectivity index (χ4n) is 8.61. The maximum Gasteiger partial charge on any atom is 0.397 e. The molecule has 6 unspecified atom stereocenters. The first kappa shape index (κ1) is 69.3. The molecule has 0 aliphatic carbocycles. The number of hydrogen-bond acceptors (Lipinski definition) is 11. The molecule has 1 saturated heterocycles. The Morgan fingerprint density at radius 3 is 1.36 bits per heavy atom. The summed E-state index contributed by atoms with van der Waals surface area (Å²) in [5.41, 5.74) is 0. The van der Waals surface area contributed by atoms with Crippen LogP contribution in [-0.4, -0.2) is 97.5 Å². The number of aliphatic hydroxyl groups excluding tert-OH is 3. The van der Waals surface area contributed by atoms with Crippen molar-refractivity contribution in [1.29, 1.82) is 0 Å². The van der Waals surface area contributed by atoms with Gasteiger partial charge in [0.25, 0.3) is 0 Å². The second-order valence-electron chi connectivity index (χ2n) is 19.8. The molecule has 0 spiro atoms. The standard InChI is InChI=1S/C61H106O12S/c1-3-5-7-9-11-13-15-17-19-21-23-25-27-29-31-33-35-37-39-41-43-45-47-49-51-69-53-55(54-70-61-59(65)60(73-74(66,67)68)58(64)56(52-62)72-61)71-57(63)50-48-46-44-42-40-38-36-34-32-30-28-26-24-22-20-18-16-14-12-10-8-6-4-2/h5,7,11,13,16-19,22-25,29,31,55-56,58-62,64-65H,3-4,6,8-10,12,14-15,20-21,26-28,30,32-54H2,1-2H3,(H,66,67,68)/b7-5-,13-11-,18-16-,19-17-,24-22-,25-23-,31-29-. The predicted octanol–water partition coefficient (Wildman–Crippen LogP) is 14.8. The summed E-state index contributed by atoms with van der Waals surface area (Å²) < 4.78 is 59.5. The van der Waals surface area contributed by atoms with Crippen molar-refractivity contribution >= 4 is 16.4 Å². The normalized spacial score (nSPS) is 19.4. The van der Waals surface area contributed by atoms with E-state index in [0.29, 0.717) is 13.0 Å². The van der Waals surface area contributed by atoms with Gasteiger partial charge >= 0.3 is 16.4 Å². The van der Waals surface area contributed by atoms with Crippen LogP contribution in [0.1, 0.15) is 232 Å². The Kier molecular flexibility index (Phi) is 47.8. The second-order valence-corrected chi connectivity index (χ2v) is 20.9. The maximum absolute atomic E-state index is 13.0. The molecule has 0 bridgehead atoms. The summed E-state index contributed by atoms with van der Waals surface area (Å²) in [6.45, 7) is 3.86. The largest absolute Gasteiger partial charge is 0.457 e. The average molecular weight is 1060 g/mol. The summed E-state index contributed by atoms with van der Waals surface area (Å²) in [5, 5.41) is 30.9. The van der Waals surface area contributed by atoms with Gasteiger partial charge in [0.1, 0.15) is 30.5 Å². The average Bonchev–Trinajstić information content (AvgIpc) is 3.38. The van der Waals surface area contributed by atoms with E-state index in [2.05, 4.69) is 103 Å². The first-order valence-corrected chi connectivity index (χ1v) is 30.7. The van der Waals surface area contributed by atoms with Gasteiger partial charge in [0.2, 0.25) is 0 Å². The van der Waals surface area contributed by atoms with Crippen molar-refractivity contribution in [1.82, 2.24) is 0 Å². The van der Waals surface area contributed by atoms with Crippen LogP contribution < -0.4 is 0 Å². The van der Waals surface area contributed by atoms with E-state index in [9.17, 15) is 33.1 Å². The number of esters is 1. The number of carbonyl (C=O) groups is 1. The Hall–Kier alpha value is -2.72. The Bertz CT molecular complexity index is 1600. The topological polar surface area (TPSA) is 178 Å². The fraction of sp³-hybridized carbons (Fsp3) is 0.754. The number of ether oxygens (including phenoxy) is 4. The maximum atomic E-state index is 13.0. The summed E-state index contributed by atoms with van der Waals surface area (Å²) in [5.74, 6) is -0.405. The van der Waals surface area contributed by atoms with Gasteiger partial charge < -0.3 is 34.3 Å². The highest BCUT2D eigenvalue weighted by atomic mass is 32.3. The minimum atomic E-state index is -5.07. The molecular formula is C61H106O12S. The van der Waals surface area contributed by atoms with Gasteiger partial charge in [0.15, 0.2) is 6.29 Å². The van der Waals surface area contributed by atoms with Gasteiger partial charge in [-0.1, -0.05) is 221 Å². The van der Waals surface area contributed by atoms with Crippen molar-refractivity contribution < 1.29 is 56.2 Å². The molecule has 1 heterocycles. The van der Waals surface area contributed by atoms with E-state index in [1.807, 2.05) is 0 Å². The SMILES string of the molecule is CC/C=C\C/C=C\C/C=C\C/C=C\C/C=C\CCCCCCCCCCOCC(COC1OC(CO)C(O)C(OS(=O)(=O)O)C1O)OC(=O)CCCCCCCCCCCCC/C=C\C/C=C\CCCCCCC. The van der Waals surface area contributed by atoms with Crippen LogP contribution in [0.5, 0.6) is 0 Å². The third-order valence-electron chi connectivity index (χ3n) is 13.0. The summed E-state index contributed by atoms with van der Waals surface area (Å²) >= 11 is 0. The monoisotopic (exact) mass is 1060 g/mol. The summed E-state index contributed by atoms with van der Waals surface area (Å²) in [4.78, 5) is 13.0. The molecule has 0 amide bonds. The molecule has 13 heteroatoms. The third-order valence-corrected chi connectivity index (χ3v) is 13.5. The smallest absolute Gasteiger partial charge is 0.397 e. The molecule has 1 aliphatic heterocycles. The zero-order chi connectivity index (χ0) is 53.8. The van der Waals surface area contributed by atoms with Gasteiger partial charge in [0.05, 0.1) is 19.8 Å². The predicted molar refractivity (Wildman–Crippen MR) is 303 cm³/mol. The molecule has 12 nitrogen and oxygen atoms in total. The zero-order valence-electron chi connectivity index (χ0n) is 46.4. The molecule has 74 heavy (non-hydrogen) atoms. The highest BCUT2D eigenvalue weighted by Gasteiger charge is 2.48. The van der Waals surface area contributed by atoms with Crippen molar-refractivity contribution in [3.63, 3.8) is 0 Å². The highest BCUT2D eigenvalue weighted by Crippen LogP contribution is 2.26. The lowest BCUT2D eigenvalue weighted by molar-refractivity contribution is -0.301. The van der Waals surface area contributed by atoms with Crippen LogP contribution in [0.3, 0.4) is 0 Å². The van der Waals surface area contributed by atoms with E-state index < -0.39 is 59.8 Å². The van der Waals surface area contributed by atoms with Crippen molar-refractivity contribution in [2.24, 2.45) is 0 Å². The molecular weight excluding hydrogens is 957 g/mol.